The molecule has 1 aliphatic heterocycles. The molecule has 0 saturated heterocycles. The average molecular weight is 427 g/mol. The number of nitrogens with one attached hydrogen (secondary N) is 1. The quantitative estimate of drug-likeness (QED) is 0.591. The number of para-hydroxylation sites is 1. The third kappa shape index (κ3) is 3.67. The average Bonchev–Trinajstić information content (AvgIpc) is 3.20. The van der Waals surface area contributed by atoms with Gasteiger partial charge in [-0.3, -0.25) is 9.89 Å². The van der Waals surface area contributed by atoms with Crippen molar-refractivity contribution in [2.24, 2.45) is 0 Å². The molecule has 0 spiro atoms. The van der Waals surface area contributed by atoms with Crippen LogP contribution in [0.5, 0.6) is 0 Å². The summed E-state index contributed by atoms with van der Waals surface area (Å²) in [5.74, 6) is 0.354. The second-order valence-corrected chi connectivity index (χ2v) is 9.55. The Morgan fingerprint density at radius 1 is 1.17 bits per heavy atom. The number of carbonyl (C=O) groups is 1. The van der Waals surface area contributed by atoms with Crippen LogP contribution in [0.1, 0.15) is 38.3 Å². The highest BCUT2D eigenvalue weighted by Crippen LogP contribution is 2.50. The van der Waals surface area contributed by atoms with Gasteiger partial charge in [-0.25, -0.2) is 4.98 Å². The van der Waals surface area contributed by atoms with Gasteiger partial charge >= 0.3 is 0 Å². The van der Waals surface area contributed by atoms with E-state index in [1.807, 2.05) is 35.2 Å². The number of anilines is 1. The molecule has 2 aromatic carbocycles. The summed E-state index contributed by atoms with van der Waals surface area (Å²) in [6.45, 7) is 6.52. The maximum Gasteiger partial charge on any atom is 0.237 e. The van der Waals surface area contributed by atoms with Gasteiger partial charge in [-0.15, -0.1) is 0 Å². The number of thioether (sulfide) groups is 1. The minimum absolute atomic E-state index is 0.0574. The fourth-order valence-corrected chi connectivity index (χ4v) is 5.26. The van der Waals surface area contributed by atoms with E-state index in [1.165, 1.54) is 23.7 Å². The van der Waals surface area contributed by atoms with Crippen molar-refractivity contribution in [1.29, 1.82) is 0 Å². The van der Waals surface area contributed by atoms with Gasteiger partial charge in [0, 0.05) is 21.7 Å². The third-order valence-corrected chi connectivity index (χ3v) is 6.70. The summed E-state index contributed by atoms with van der Waals surface area (Å²) in [5, 5.41) is 8.01. The van der Waals surface area contributed by atoms with Crippen molar-refractivity contribution >= 4 is 35.0 Å². The number of hydrogen-bond donors (Lipinski definition) is 1. The SMILES string of the molecule is CC1(C)C[C@](C)(c2ccc(Cl)cc2)c2ccccc2N1C(=O)CSc1ncn[nH]1. The lowest BCUT2D eigenvalue weighted by Gasteiger charge is -2.51. The van der Waals surface area contributed by atoms with Crippen molar-refractivity contribution in [2.75, 3.05) is 10.7 Å². The van der Waals surface area contributed by atoms with E-state index in [9.17, 15) is 4.79 Å². The van der Waals surface area contributed by atoms with Crippen LogP contribution in [0.3, 0.4) is 0 Å². The first-order valence-electron chi connectivity index (χ1n) is 9.48. The molecule has 0 radical (unpaired) electrons. The molecule has 1 aromatic heterocycles. The summed E-state index contributed by atoms with van der Waals surface area (Å²) in [7, 11) is 0. The van der Waals surface area contributed by atoms with E-state index in [0.29, 0.717) is 10.9 Å². The first kappa shape index (κ1) is 20.0. The minimum Gasteiger partial charge on any atom is -0.306 e. The molecule has 1 amide bonds. The number of rotatable bonds is 4. The van der Waals surface area contributed by atoms with E-state index in [2.05, 4.69) is 54.2 Å². The zero-order chi connectivity index (χ0) is 20.6. The molecule has 5 nitrogen and oxygen atoms in total. The van der Waals surface area contributed by atoms with Gasteiger partial charge in [-0.2, -0.15) is 5.10 Å². The van der Waals surface area contributed by atoms with Gasteiger partial charge in [0.15, 0.2) is 5.16 Å². The summed E-state index contributed by atoms with van der Waals surface area (Å²) in [6, 6.07) is 16.2. The lowest BCUT2D eigenvalue weighted by molar-refractivity contribution is -0.117. The monoisotopic (exact) mass is 426 g/mol. The lowest BCUT2D eigenvalue weighted by atomic mass is 9.65. The Morgan fingerprint density at radius 3 is 2.59 bits per heavy atom. The Morgan fingerprint density at radius 2 is 1.90 bits per heavy atom. The number of halogens is 1. The predicted octanol–water partition coefficient (Wildman–Crippen LogP) is 5.07. The summed E-state index contributed by atoms with van der Waals surface area (Å²) >= 11 is 7.49. The molecular formula is C22H23ClN4OS. The summed E-state index contributed by atoms with van der Waals surface area (Å²) in [6.07, 6.45) is 2.25. The highest BCUT2D eigenvalue weighted by Gasteiger charge is 2.47. The van der Waals surface area contributed by atoms with Crippen molar-refractivity contribution in [3.8, 4) is 0 Å². The van der Waals surface area contributed by atoms with E-state index < -0.39 is 0 Å². The van der Waals surface area contributed by atoms with Gasteiger partial charge in [0.1, 0.15) is 6.33 Å². The molecular weight excluding hydrogens is 404 g/mol. The van der Waals surface area contributed by atoms with Gasteiger partial charge in [0.05, 0.1) is 5.75 Å². The van der Waals surface area contributed by atoms with E-state index >= 15 is 0 Å². The normalized spacial score (nSPS) is 20.3. The van der Waals surface area contributed by atoms with Crippen LogP contribution >= 0.6 is 23.4 Å². The predicted molar refractivity (Wildman–Crippen MR) is 118 cm³/mol. The number of carbonyl (C=O) groups excluding carboxylic acids is 1. The van der Waals surface area contributed by atoms with Crippen LogP contribution in [0.2, 0.25) is 5.02 Å². The Balaban J connectivity index is 1.73. The zero-order valence-electron chi connectivity index (χ0n) is 16.6. The maximum atomic E-state index is 13.3. The Kier molecular flexibility index (Phi) is 5.17. The number of H-pyrrole nitrogens is 1. The second-order valence-electron chi connectivity index (χ2n) is 8.15. The molecule has 150 valence electrons. The first-order chi connectivity index (χ1) is 13.8. The van der Waals surface area contributed by atoms with E-state index in [-0.39, 0.29) is 16.9 Å². The molecule has 0 aliphatic carbocycles. The van der Waals surface area contributed by atoms with Gasteiger partial charge in [-0.1, -0.05) is 60.6 Å². The van der Waals surface area contributed by atoms with Gasteiger partial charge in [0.2, 0.25) is 5.91 Å². The van der Waals surface area contributed by atoms with Crippen LogP contribution in [0.4, 0.5) is 5.69 Å². The molecule has 29 heavy (non-hydrogen) atoms. The number of amides is 1. The van der Waals surface area contributed by atoms with Gasteiger partial charge < -0.3 is 4.90 Å². The van der Waals surface area contributed by atoms with Crippen LogP contribution in [0, 0.1) is 0 Å². The number of fused-ring (bicyclic) bond motifs is 1. The topological polar surface area (TPSA) is 61.9 Å². The highest BCUT2D eigenvalue weighted by molar-refractivity contribution is 7.99. The largest absolute Gasteiger partial charge is 0.306 e. The van der Waals surface area contributed by atoms with Crippen molar-refractivity contribution in [1.82, 2.24) is 15.2 Å². The molecule has 0 fully saturated rings. The number of aromatic nitrogens is 3. The van der Waals surface area contributed by atoms with Crippen LogP contribution < -0.4 is 4.90 Å². The first-order valence-corrected chi connectivity index (χ1v) is 10.8. The van der Waals surface area contributed by atoms with Crippen LogP contribution in [0.25, 0.3) is 0 Å². The molecule has 1 atom stereocenters. The smallest absolute Gasteiger partial charge is 0.237 e. The Bertz CT molecular complexity index is 1020. The van der Waals surface area contributed by atoms with Crippen molar-refractivity contribution in [3.63, 3.8) is 0 Å². The number of hydrogen-bond acceptors (Lipinski definition) is 4. The summed E-state index contributed by atoms with van der Waals surface area (Å²) < 4.78 is 0. The number of nitrogens with zero attached hydrogens (tertiary/aromatic N) is 3. The summed E-state index contributed by atoms with van der Waals surface area (Å²) in [5.41, 5.74) is 2.73. The Labute approximate surface area is 179 Å². The molecule has 1 aliphatic rings. The fourth-order valence-electron chi connectivity index (χ4n) is 4.51. The fraction of sp³-hybridized carbons (Fsp3) is 0.318. The zero-order valence-corrected chi connectivity index (χ0v) is 18.2. The van der Waals surface area contributed by atoms with Gasteiger partial charge in [-0.05, 0) is 49.6 Å². The molecule has 2 heterocycles. The standard InChI is InChI=1S/C22H23ClN4OS/c1-21(2)13-22(3,15-8-10-16(23)11-9-15)17-6-4-5-7-18(17)27(21)19(28)12-29-20-24-14-25-26-20/h4-11,14H,12-13H2,1-3H3,(H,24,25,26)/t22-/m1/s1. The molecule has 0 bridgehead atoms. The van der Waals surface area contributed by atoms with Gasteiger partial charge in [0.25, 0.3) is 0 Å². The van der Waals surface area contributed by atoms with Crippen molar-refractivity contribution < 1.29 is 4.79 Å². The van der Waals surface area contributed by atoms with E-state index in [1.54, 1.807) is 0 Å². The molecule has 1 N–H and O–H groups in total. The summed E-state index contributed by atoms with van der Waals surface area (Å²) in [4.78, 5) is 19.3. The molecule has 4 rings (SSSR count). The van der Waals surface area contributed by atoms with E-state index in [4.69, 9.17) is 11.6 Å². The minimum atomic E-state index is -0.359. The molecule has 7 heteroatoms. The molecule has 3 aromatic rings. The number of benzene rings is 2. The van der Waals surface area contributed by atoms with Crippen LogP contribution in [0.15, 0.2) is 60.0 Å². The van der Waals surface area contributed by atoms with Crippen molar-refractivity contribution in [2.45, 2.75) is 43.3 Å². The maximum absolute atomic E-state index is 13.3. The number of aromatic amines is 1. The van der Waals surface area contributed by atoms with E-state index in [0.717, 1.165) is 22.7 Å². The Hall–Kier alpha value is -2.31. The molecule has 0 saturated carbocycles. The van der Waals surface area contributed by atoms with Crippen LogP contribution in [-0.4, -0.2) is 32.4 Å². The highest BCUT2D eigenvalue weighted by atomic mass is 35.5. The van der Waals surface area contributed by atoms with Crippen LogP contribution in [-0.2, 0) is 10.2 Å². The third-order valence-electron chi connectivity index (χ3n) is 5.59. The molecule has 0 unspecified atom stereocenters. The lowest BCUT2D eigenvalue weighted by Crippen LogP contribution is -2.56. The second kappa shape index (κ2) is 7.50. The van der Waals surface area contributed by atoms with Crippen molar-refractivity contribution in [3.05, 3.63) is 71.0 Å².